The number of alkyl halides is 3. The number of hydrogen-bond donors (Lipinski definition) is 2. The maximum absolute atomic E-state index is 12.9. The molecule has 5 nitrogen and oxygen atoms in total. The Bertz CT molecular complexity index is 575. The van der Waals surface area contributed by atoms with Crippen molar-refractivity contribution in [3.8, 4) is 0 Å². The van der Waals surface area contributed by atoms with Gasteiger partial charge in [0.25, 0.3) is 0 Å². The Hall–Kier alpha value is -2.32. The van der Waals surface area contributed by atoms with E-state index in [0.717, 1.165) is 29.2 Å². The van der Waals surface area contributed by atoms with Gasteiger partial charge in [0.15, 0.2) is 0 Å². The van der Waals surface area contributed by atoms with Crippen LogP contribution >= 0.6 is 0 Å². The number of halogens is 4. The van der Waals surface area contributed by atoms with Crippen LogP contribution in [0.2, 0.25) is 0 Å². The molecule has 0 aromatic heterocycles. The summed E-state index contributed by atoms with van der Waals surface area (Å²) in [5, 5.41) is 11.0. The van der Waals surface area contributed by atoms with Crippen molar-refractivity contribution in [3.05, 3.63) is 35.6 Å². The Morgan fingerprint density at radius 1 is 1.25 bits per heavy atom. The highest BCUT2D eigenvalue weighted by Crippen LogP contribution is 2.29. The predicted octanol–water partition coefficient (Wildman–Crippen LogP) is 3.18. The highest BCUT2D eigenvalue weighted by Gasteiger charge is 2.34. The van der Waals surface area contributed by atoms with Gasteiger partial charge in [-0.2, -0.15) is 13.2 Å². The number of nitrogens with zero attached hydrogens (tertiary/aromatic N) is 1. The SMILES string of the molecule is CC(CN(C)C(=O)NC(CC(F)(F)F)c1ccc(F)cc1)C(=O)O. The molecular formula is C15H18F4N2O3. The van der Waals surface area contributed by atoms with E-state index in [4.69, 9.17) is 5.11 Å². The first-order valence-corrected chi connectivity index (χ1v) is 7.06. The third-order valence-corrected chi connectivity index (χ3v) is 3.32. The first kappa shape index (κ1) is 19.7. The Labute approximate surface area is 136 Å². The van der Waals surface area contributed by atoms with Gasteiger partial charge in [-0.3, -0.25) is 4.79 Å². The van der Waals surface area contributed by atoms with Gasteiger partial charge in [-0.05, 0) is 17.7 Å². The molecule has 0 aliphatic rings. The molecule has 9 heteroatoms. The van der Waals surface area contributed by atoms with Crippen LogP contribution in [0.3, 0.4) is 0 Å². The van der Waals surface area contributed by atoms with Gasteiger partial charge >= 0.3 is 18.2 Å². The van der Waals surface area contributed by atoms with E-state index < -0.39 is 42.4 Å². The number of amides is 2. The van der Waals surface area contributed by atoms with Crippen LogP contribution in [0.15, 0.2) is 24.3 Å². The molecular weight excluding hydrogens is 332 g/mol. The molecule has 0 aliphatic carbocycles. The first-order chi connectivity index (χ1) is 11.0. The number of hydrogen-bond acceptors (Lipinski definition) is 2. The lowest BCUT2D eigenvalue weighted by Crippen LogP contribution is -2.43. The number of benzene rings is 1. The zero-order valence-electron chi connectivity index (χ0n) is 13.1. The van der Waals surface area contributed by atoms with E-state index in [1.165, 1.54) is 14.0 Å². The maximum atomic E-state index is 12.9. The van der Waals surface area contributed by atoms with Crippen LogP contribution in [0.25, 0.3) is 0 Å². The van der Waals surface area contributed by atoms with Gasteiger partial charge in [0, 0.05) is 13.6 Å². The van der Waals surface area contributed by atoms with Crippen molar-refractivity contribution < 1.29 is 32.3 Å². The summed E-state index contributed by atoms with van der Waals surface area (Å²) in [6.07, 6.45) is -5.87. The molecule has 0 radical (unpaired) electrons. The molecule has 0 saturated carbocycles. The minimum absolute atomic E-state index is 0.0989. The second-order valence-electron chi connectivity index (χ2n) is 5.49. The average molecular weight is 350 g/mol. The van der Waals surface area contributed by atoms with E-state index in [9.17, 15) is 27.2 Å². The minimum atomic E-state index is -4.54. The van der Waals surface area contributed by atoms with Crippen molar-refractivity contribution in [2.75, 3.05) is 13.6 Å². The lowest BCUT2D eigenvalue weighted by molar-refractivity contribution is -0.141. The summed E-state index contributed by atoms with van der Waals surface area (Å²) in [7, 11) is 1.28. The molecule has 0 heterocycles. The Morgan fingerprint density at radius 2 is 1.79 bits per heavy atom. The third-order valence-electron chi connectivity index (χ3n) is 3.32. The molecule has 2 atom stereocenters. The summed E-state index contributed by atoms with van der Waals surface area (Å²) in [5.74, 6) is -2.60. The Balaban J connectivity index is 2.86. The summed E-state index contributed by atoms with van der Waals surface area (Å²) in [6, 6.07) is 2.07. The number of aliphatic carboxylic acids is 1. The number of urea groups is 1. The Kier molecular flexibility index (Phi) is 6.56. The van der Waals surface area contributed by atoms with Crippen molar-refractivity contribution in [1.29, 1.82) is 0 Å². The summed E-state index contributed by atoms with van der Waals surface area (Å²) >= 11 is 0. The zero-order chi connectivity index (χ0) is 18.5. The van der Waals surface area contributed by atoms with E-state index in [1.807, 2.05) is 0 Å². The van der Waals surface area contributed by atoms with Crippen LogP contribution < -0.4 is 5.32 Å². The molecule has 2 unspecified atom stereocenters. The van der Waals surface area contributed by atoms with Gasteiger partial charge in [-0.15, -0.1) is 0 Å². The highest BCUT2D eigenvalue weighted by molar-refractivity contribution is 5.76. The first-order valence-electron chi connectivity index (χ1n) is 7.06. The van der Waals surface area contributed by atoms with E-state index in [0.29, 0.717) is 0 Å². The van der Waals surface area contributed by atoms with Crippen molar-refractivity contribution in [2.24, 2.45) is 5.92 Å². The number of carbonyl (C=O) groups is 2. The maximum Gasteiger partial charge on any atom is 0.391 e. The smallest absolute Gasteiger partial charge is 0.391 e. The fraction of sp³-hybridized carbons (Fsp3) is 0.467. The average Bonchev–Trinajstić information content (AvgIpc) is 2.45. The number of carboxylic acid groups (broad SMARTS) is 1. The summed E-state index contributed by atoms with van der Waals surface area (Å²) in [4.78, 5) is 23.8. The lowest BCUT2D eigenvalue weighted by Gasteiger charge is -2.25. The van der Waals surface area contributed by atoms with Gasteiger partial charge in [0.2, 0.25) is 0 Å². The molecule has 134 valence electrons. The summed E-state index contributed by atoms with van der Waals surface area (Å²) in [5.41, 5.74) is 0.0989. The molecule has 2 N–H and O–H groups in total. The van der Waals surface area contributed by atoms with Gasteiger partial charge in [-0.1, -0.05) is 19.1 Å². The Morgan fingerprint density at radius 3 is 2.25 bits per heavy atom. The van der Waals surface area contributed by atoms with Gasteiger partial charge in [0.1, 0.15) is 5.82 Å². The molecule has 1 aromatic carbocycles. The number of carboxylic acids is 1. The third kappa shape index (κ3) is 6.43. The molecule has 0 spiro atoms. The molecule has 0 aliphatic heterocycles. The van der Waals surface area contributed by atoms with Crippen LogP contribution in [0, 0.1) is 11.7 Å². The van der Waals surface area contributed by atoms with Crippen molar-refractivity contribution in [1.82, 2.24) is 10.2 Å². The lowest BCUT2D eigenvalue weighted by atomic mass is 10.0. The van der Waals surface area contributed by atoms with Crippen LogP contribution in [0.4, 0.5) is 22.4 Å². The fourth-order valence-electron chi connectivity index (χ4n) is 2.01. The predicted molar refractivity (Wildman–Crippen MR) is 77.8 cm³/mol. The molecule has 1 aromatic rings. The van der Waals surface area contributed by atoms with Gasteiger partial charge in [-0.25, -0.2) is 9.18 Å². The van der Waals surface area contributed by atoms with Gasteiger partial charge < -0.3 is 15.3 Å². The molecule has 0 saturated heterocycles. The van der Waals surface area contributed by atoms with Crippen molar-refractivity contribution in [2.45, 2.75) is 25.6 Å². The van der Waals surface area contributed by atoms with Crippen LogP contribution in [-0.4, -0.2) is 41.8 Å². The van der Waals surface area contributed by atoms with E-state index >= 15 is 0 Å². The van der Waals surface area contributed by atoms with Crippen molar-refractivity contribution >= 4 is 12.0 Å². The second kappa shape index (κ2) is 7.98. The molecule has 0 fully saturated rings. The normalized spacial score (nSPS) is 13.9. The molecule has 24 heavy (non-hydrogen) atoms. The molecule has 1 rings (SSSR count). The van der Waals surface area contributed by atoms with Crippen LogP contribution in [0.1, 0.15) is 24.9 Å². The van der Waals surface area contributed by atoms with Crippen LogP contribution in [-0.2, 0) is 4.79 Å². The quantitative estimate of drug-likeness (QED) is 0.774. The topological polar surface area (TPSA) is 69.6 Å². The largest absolute Gasteiger partial charge is 0.481 e. The number of rotatable bonds is 6. The summed E-state index contributed by atoms with van der Waals surface area (Å²) in [6.45, 7) is 1.21. The van der Waals surface area contributed by atoms with E-state index in [2.05, 4.69) is 5.32 Å². The standard InChI is InChI=1S/C15H18F4N2O3/c1-9(13(22)23)8-21(2)14(24)20-12(7-15(17,18)19)10-3-5-11(16)6-4-10/h3-6,9,12H,7-8H2,1-2H3,(H,20,24)(H,22,23). The van der Waals surface area contributed by atoms with Crippen molar-refractivity contribution in [3.63, 3.8) is 0 Å². The fourth-order valence-corrected chi connectivity index (χ4v) is 2.01. The monoisotopic (exact) mass is 350 g/mol. The number of nitrogens with one attached hydrogen (secondary N) is 1. The van der Waals surface area contributed by atoms with Crippen LogP contribution in [0.5, 0.6) is 0 Å². The van der Waals surface area contributed by atoms with Gasteiger partial charge in [0.05, 0.1) is 18.4 Å². The highest BCUT2D eigenvalue weighted by atomic mass is 19.4. The van der Waals surface area contributed by atoms with E-state index in [-0.39, 0.29) is 12.1 Å². The molecule has 2 amide bonds. The second-order valence-corrected chi connectivity index (χ2v) is 5.49. The zero-order valence-corrected chi connectivity index (χ0v) is 13.1. The molecule has 0 bridgehead atoms. The number of carbonyl (C=O) groups excluding carboxylic acids is 1. The summed E-state index contributed by atoms with van der Waals surface area (Å²) < 4.78 is 51.1. The minimum Gasteiger partial charge on any atom is -0.481 e. The van der Waals surface area contributed by atoms with E-state index in [1.54, 1.807) is 0 Å².